The summed E-state index contributed by atoms with van der Waals surface area (Å²) in [4.78, 5) is 11.0. The Bertz CT molecular complexity index is 357. The van der Waals surface area contributed by atoms with Gasteiger partial charge in [-0.25, -0.2) is 0 Å². The molecule has 0 spiro atoms. The van der Waals surface area contributed by atoms with E-state index < -0.39 is 0 Å². The van der Waals surface area contributed by atoms with Crippen LogP contribution in [0.4, 0.5) is 0 Å². The number of carbonyl (C=O) groups excluding carboxylic acids is 1. The van der Waals surface area contributed by atoms with Crippen molar-refractivity contribution in [2.75, 3.05) is 7.11 Å². The number of methoxy groups -OCH3 is 1. The number of esters is 1. The number of hydrogen-bond donors (Lipinski definition) is 0. The van der Waals surface area contributed by atoms with Gasteiger partial charge in [0, 0.05) is 6.42 Å². The van der Waals surface area contributed by atoms with Gasteiger partial charge in [-0.05, 0) is 43.9 Å². The molecule has 2 heteroatoms. The molecule has 0 amide bonds. The fraction of sp³-hybridized carbons (Fsp3) is 0.762. The van der Waals surface area contributed by atoms with Crippen LogP contribution < -0.4 is 0 Å². The molecule has 0 aromatic rings. The van der Waals surface area contributed by atoms with Crippen LogP contribution in [0.2, 0.25) is 0 Å². The first kappa shape index (κ1) is 20.0. The van der Waals surface area contributed by atoms with E-state index in [1.54, 1.807) is 0 Å². The van der Waals surface area contributed by atoms with E-state index in [1.807, 2.05) is 0 Å². The Hall–Kier alpha value is -1.05. The minimum Gasteiger partial charge on any atom is -0.469 e. The molecule has 0 saturated heterocycles. The summed E-state index contributed by atoms with van der Waals surface area (Å²) in [7, 11) is 1.47. The Balaban J connectivity index is 2.07. The van der Waals surface area contributed by atoms with Crippen molar-refractivity contribution >= 4 is 5.97 Å². The third-order valence-corrected chi connectivity index (χ3v) is 4.86. The molecule has 0 heterocycles. The number of hydrogen-bond acceptors (Lipinski definition) is 2. The first-order valence-electron chi connectivity index (χ1n) is 9.68. The van der Waals surface area contributed by atoms with Crippen molar-refractivity contribution in [3.63, 3.8) is 0 Å². The minimum atomic E-state index is -0.0749. The maximum atomic E-state index is 11.0. The largest absolute Gasteiger partial charge is 0.469 e. The van der Waals surface area contributed by atoms with E-state index in [9.17, 15) is 4.79 Å². The van der Waals surface area contributed by atoms with E-state index in [2.05, 4.69) is 36.0 Å². The molecule has 0 saturated carbocycles. The lowest BCUT2D eigenvalue weighted by Gasteiger charge is -2.16. The maximum absolute atomic E-state index is 11.0. The summed E-state index contributed by atoms with van der Waals surface area (Å²) in [6.45, 7) is 2.26. The topological polar surface area (TPSA) is 26.3 Å². The molecular formula is C21H36O2. The third kappa shape index (κ3) is 9.63. The van der Waals surface area contributed by atoms with Gasteiger partial charge in [-0.3, -0.25) is 4.79 Å². The Kier molecular flexibility index (Phi) is 11.6. The molecule has 2 atom stereocenters. The molecule has 0 bridgehead atoms. The molecule has 2 nitrogen and oxygen atoms in total. The number of carbonyl (C=O) groups is 1. The second-order valence-electron chi connectivity index (χ2n) is 6.81. The van der Waals surface area contributed by atoms with Crippen LogP contribution in [0.25, 0.3) is 0 Å². The standard InChI is InChI=1S/C21H36O2/c1-3-4-5-6-7-10-14-19-16-13-17-20(19)15-11-8-9-12-18-21(22)23-2/h10,13-14,16,19-20H,3-9,11-12,15,17-18H2,1-2H3/b14-10+/t19-,20-/m0/s1. The Labute approximate surface area is 143 Å². The molecule has 0 aliphatic heterocycles. The second-order valence-corrected chi connectivity index (χ2v) is 6.81. The molecule has 0 N–H and O–H groups in total. The van der Waals surface area contributed by atoms with Crippen LogP contribution >= 0.6 is 0 Å². The third-order valence-electron chi connectivity index (χ3n) is 4.86. The van der Waals surface area contributed by atoms with Crippen molar-refractivity contribution in [1.82, 2.24) is 0 Å². The maximum Gasteiger partial charge on any atom is 0.305 e. The Morgan fingerprint density at radius 1 is 1.13 bits per heavy atom. The van der Waals surface area contributed by atoms with Crippen LogP contribution in [0.5, 0.6) is 0 Å². The van der Waals surface area contributed by atoms with E-state index in [0.717, 1.165) is 18.8 Å². The summed E-state index contributed by atoms with van der Waals surface area (Å²) in [5.41, 5.74) is 0. The van der Waals surface area contributed by atoms with Crippen LogP contribution in [0, 0.1) is 11.8 Å². The number of unbranched alkanes of at least 4 members (excludes halogenated alkanes) is 7. The fourth-order valence-corrected chi connectivity index (χ4v) is 3.33. The Morgan fingerprint density at radius 2 is 1.91 bits per heavy atom. The van der Waals surface area contributed by atoms with E-state index >= 15 is 0 Å². The highest BCUT2D eigenvalue weighted by Gasteiger charge is 2.19. The van der Waals surface area contributed by atoms with Gasteiger partial charge in [0.1, 0.15) is 0 Å². The molecule has 132 valence electrons. The van der Waals surface area contributed by atoms with Crippen LogP contribution in [0.15, 0.2) is 24.3 Å². The highest BCUT2D eigenvalue weighted by atomic mass is 16.5. The van der Waals surface area contributed by atoms with Gasteiger partial charge in [-0.1, -0.05) is 69.8 Å². The highest BCUT2D eigenvalue weighted by molar-refractivity contribution is 5.68. The lowest BCUT2D eigenvalue weighted by molar-refractivity contribution is -0.140. The summed E-state index contributed by atoms with van der Waals surface area (Å²) in [5.74, 6) is 1.40. The first-order chi connectivity index (χ1) is 11.3. The average Bonchev–Trinajstić information content (AvgIpc) is 3.01. The molecule has 1 aliphatic rings. The summed E-state index contributed by atoms with van der Waals surface area (Å²) in [5, 5.41) is 0. The quantitative estimate of drug-likeness (QED) is 0.229. The SMILES string of the molecule is CCCCCC/C=C/[C@H]1C=CC[C@@H]1CCCCCCC(=O)OC. The molecule has 1 aliphatic carbocycles. The lowest BCUT2D eigenvalue weighted by atomic mass is 9.89. The van der Waals surface area contributed by atoms with Crippen LogP contribution in [0.1, 0.15) is 84.0 Å². The highest BCUT2D eigenvalue weighted by Crippen LogP contribution is 2.31. The van der Waals surface area contributed by atoms with Crippen LogP contribution in [-0.4, -0.2) is 13.1 Å². The molecule has 1 rings (SSSR count). The fourth-order valence-electron chi connectivity index (χ4n) is 3.33. The van der Waals surface area contributed by atoms with Gasteiger partial charge in [-0.15, -0.1) is 0 Å². The second kappa shape index (κ2) is 13.4. The predicted molar refractivity (Wildman–Crippen MR) is 98.4 cm³/mol. The van der Waals surface area contributed by atoms with Gasteiger partial charge in [-0.2, -0.15) is 0 Å². The molecule has 23 heavy (non-hydrogen) atoms. The van der Waals surface area contributed by atoms with Gasteiger partial charge in [0.25, 0.3) is 0 Å². The first-order valence-corrected chi connectivity index (χ1v) is 9.68. The molecule has 0 aromatic heterocycles. The van der Waals surface area contributed by atoms with Gasteiger partial charge < -0.3 is 4.74 Å². The molecular weight excluding hydrogens is 284 g/mol. The minimum absolute atomic E-state index is 0.0749. The smallest absolute Gasteiger partial charge is 0.305 e. The van der Waals surface area contributed by atoms with Gasteiger partial charge >= 0.3 is 5.97 Å². The predicted octanol–water partition coefficient (Wildman–Crippen LogP) is 6.22. The zero-order chi connectivity index (χ0) is 16.8. The zero-order valence-corrected chi connectivity index (χ0v) is 15.3. The van der Waals surface area contributed by atoms with Crippen molar-refractivity contribution in [2.24, 2.45) is 11.8 Å². The number of rotatable bonds is 13. The van der Waals surface area contributed by atoms with Crippen molar-refractivity contribution < 1.29 is 9.53 Å². The zero-order valence-electron chi connectivity index (χ0n) is 15.3. The van der Waals surface area contributed by atoms with Crippen molar-refractivity contribution in [3.05, 3.63) is 24.3 Å². The molecule has 0 aromatic carbocycles. The number of allylic oxidation sites excluding steroid dienone is 4. The normalized spacial score (nSPS) is 20.4. The monoisotopic (exact) mass is 320 g/mol. The van der Waals surface area contributed by atoms with Gasteiger partial charge in [0.15, 0.2) is 0 Å². The van der Waals surface area contributed by atoms with Crippen molar-refractivity contribution in [2.45, 2.75) is 84.0 Å². The summed E-state index contributed by atoms with van der Waals surface area (Å²) in [6, 6.07) is 0. The van der Waals surface area contributed by atoms with E-state index in [0.29, 0.717) is 12.3 Å². The van der Waals surface area contributed by atoms with Gasteiger partial charge in [0.05, 0.1) is 7.11 Å². The average molecular weight is 321 g/mol. The summed E-state index contributed by atoms with van der Waals surface area (Å²) in [6.07, 6.45) is 24.0. The number of ether oxygens (including phenoxy) is 1. The summed E-state index contributed by atoms with van der Waals surface area (Å²) < 4.78 is 4.67. The van der Waals surface area contributed by atoms with Crippen LogP contribution in [0.3, 0.4) is 0 Å². The molecule has 0 unspecified atom stereocenters. The Morgan fingerprint density at radius 3 is 2.70 bits per heavy atom. The van der Waals surface area contributed by atoms with E-state index in [4.69, 9.17) is 0 Å². The van der Waals surface area contributed by atoms with E-state index in [-0.39, 0.29) is 5.97 Å². The molecule has 0 radical (unpaired) electrons. The van der Waals surface area contributed by atoms with Crippen molar-refractivity contribution in [1.29, 1.82) is 0 Å². The van der Waals surface area contributed by atoms with Gasteiger partial charge in [0.2, 0.25) is 0 Å². The van der Waals surface area contributed by atoms with E-state index in [1.165, 1.54) is 64.9 Å². The van der Waals surface area contributed by atoms with Crippen molar-refractivity contribution in [3.8, 4) is 0 Å². The molecule has 0 fully saturated rings. The summed E-state index contributed by atoms with van der Waals surface area (Å²) >= 11 is 0. The van der Waals surface area contributed by atoms with Crippen LogP contribution in [-0.2, 0) is 9.53 Å². The lowest BCUT2D eigenvalue weighted by Crippen LogP contribution is -2.05.